The van der Waals surface area contributed by atoms with E-state index >= 15 is 0 Å². The third kappa shape index (κ3) is 3.16. The van der Waals surface area contributed by atoms with Gasteiger partial charge in [0, 0.05) is 11.6 Å². The number of fused-ring (bicyclic) bond motifs is 1. The Morgan fingerprint density at radius 1 is 1.22 bits per heavy atom. The van der Waals surface area contributed by atoms with Crippen molar-refractivity contribution in [3.05, 3.63) is 71.8 Å². The highest BCUT2D eigenvalue weighted by Gasteiger charge is 2.28. The predicted molar refractivity (Wildman–Crippen MR) is 85.6 cm³/mol. The summed E-state index contributed by atoms with van der Waals surface area (Å²) in [4.78, 5) is 23.9. The molecule has 0 saturated heterocycles. The molecule has 0 bridgehead atoms. The maximum absolute atomic E-state index is 12.3. The van der Waals surface area contributed by atoms with E-state index in [1.807, 2.05) is 30.3 Å². The molecular weight excluding hydrogens is 292 g/mol. The lowest BCUT2D eigenvalue weighted by Crippen LogP contribution is -2.20. The number of Topliss-reactive ketones (excluding diaryl/α,β-unsaturated/α-hetero) is 1. The Hall–Kier alpha value is -2.88. The highest BCUT2D eigenvalue weighted by Crippen LogP contribution is 2.37. The van der Waals surface area contributed by atoms with Gasteiger partial charge in [-0.25, -0.2) is 4.79 Å². The number of hydrogen-bond acceptors (Lipinski definition) is 4. The highest BCUT2D eigenvalue weighted by molar-refractivity contribution is 6.00. The van der Waals surface area contributed by atoms with Crippen molar-refractivity contribution in [3.63, 3.8) is 0 Å². The number of esters is 1. The van der Waals surface area contributed by atoms with E-state index in [9.17, 15) is 9.59 Å². The summed E-state index contributed by atoms with van der Waals surface area (Å²) in [5.41, 5.74) is 1.75. The van der Waals surface area contributed by atoms with Crippen molar-refractivity contribution >= 4 is 11.8 Å². The van der Waals surface area contributed by atoms with Gasteiger partial charge in [0.05, 0.1) is 12.0 Å². The fraction of sp³-hybridized carbons (Fsp3) is 0.158. The van der Waals surface area contributed by atoms with E-state index in [0.29, 0.717) is 29.1 Å². The predicted octanol–water partition coefficient (Wildman–Crippen LogP) is 3.87. The minimum Gasteiger partial charge on any atom is -0.484 e. The molecule has 116 valence electrons. The number of benzene rings is 2. The lowest BCUT2D eigenvalue weighted by atomic mass is 9.96. The Balaban J connectivity index is 1.88. The average molecular weight is 308 g/mol. The second-order valence-corrected chi connectivity index (χ2v) is 5.47. The molecule has 1 aliphatic heterocycles. The summed E-state index contributed by atoms with van der Waals surface area (Å²) < 4.78 is 11.1. The summed E-state index contributed by atoms with van der Waals surface area (Å²) in [6.07, 6.45) is -0.0367. The fourth-order valence-corrected chi connectivity index (χ4v) is 2.42. The van der Waals surface area contributed by atoms with Crippen molar-refractivity contribution in [3.8, 4) is 11.5 Å². The normalized spacial score (nSPS) is 16.2. The summed E-state index contributed by atoms with van der Waals surface area (Å²) in [6, 6.07) is 14.4. The minimum absolute atomic E-state index is 0.0119. The summed E-state index contributed by atoms with van der Waals surface area (Å²) in [5.74, 6) is 0.268. The van der Waals surface area contributed by atoms with Crippen molar-refractivity contribution in [2.75, 3.05) is 0 Å². The second-order valence-electron chi connectivity index (χ2n) is 5.47. The number of hydrogen-bond donors (Lipinski definition) is 0. The standard InChI is InChI=1S/C19H16O4/c1-12(2)19(21)22-14-8-9-15-16(20)11-17(23-18(15)10-14)13-6-4-3-5-7-13/h3-10,17H,1,11H2,2H3/t17-/m0/s1. The first-order valence-corrected chi connectivity index (χ1v) is 7.31. The molecule has 0 N–H and O–H groups in total. The smallest absolute Gasteiger partial charge is 0.338 e. The third-order valence-electron chi connectivity index (χ3n) is 3.62. The van der Waals surface area contributed by atoms with E-state index in [2.05, 4.69) is 6.58 Å². The van der Waals surface area contributed by atoms with Crippen LogP contribution in [0.4, 0.5) is 0 Å². The first kappa shape index (κ1) is 15.0. The Labute approximate surface area is 134 Å². The number of ketones is 1. The van der Waals surface area contributed by atoms with Gasteiger partial charge in [-0.15, -0.1) is 0 Å². The molecule has 0 amide bonds. The van der Waals surface area contributed by atoms with Crippen LogP contribution in [0, 0.1) is 0 Å². The Morgan fingerprint density at radius 3 is 2.65 bits per heavy atom. The molecule has 23 heavy (non-hydrogen) atoms. The first-order chi connectivity index (χ1) is 11.0. The molecule has 2 aromatic rings. The van der Waals surface area contributed by atoms with E-state index in [1.54, 1.807) is 25.1 Å². The maximum atomic E-state index is 12.3. The van der Waals surface area contributed by atoms with Crippen molar-refractivity contribution in [1.82, 2.24) is 0 Å². The second kappa shape index (κ2) is 6.08. The van der Waals surface area contributed by atoms with E-state index in [4.69, 9.17) is 9.47 Å². The topological polar surface area (TPSA) is 52.6 Å². The van der Waals surface area contributed by atoms with Gasteiger partial charge in [-0.1, -0.05) is 36.9 Å². The van der Waals surface area contributed by atoms with Crippen LogP contribution in [0.15, 0.2) is 60.7 Å². The van der Waals surface area contributed by atoms with Crippen LogP contribution in [0.3, 0.4) is 0 Å². The molecule has 4 heteroatoms. The molecule has 0 aliphatic carbocycles. The molecule has 0 spiro atoms. The number of rotatable bonds is 3. The summed E-state index contributed by atoms with van der Waals surface area (Å²) in [5, 5.41) is 0. The van der Waals surface area contributed by atoms with Crippen LogP contribution in [0.1, 0.15) is 35.4 Å². The van der Waals surface area contributed by atoms with Crippen LogP contribution in [-0.2, 0) is 4.79 Å². The van der Waals surface area contributed by atoms with Crippen LogP contribution < -0.4 is 9.47 Å². The number of carbonyl (C=O) groups is 2. The van der Waals surface area contributed by atoms with E-state index in [1.165, 1.54) is 0 Å². The monoisotopic (exact) mass is 308 g/mol. The van der Waals surface area contributed by atoms with Gasteiger partial charge in [0.2, 0.25) is 0 Å². The highest BCUT2D eigenvalue weighted by atomic mass is 16.5. The molecule has 0 saturated carbocycles. The lowest BCUT2D eigenvalue weighted by molar-refractivity contribution is -0.130. The van der Waals surface area contributed by atoms with Gasteiger partial charge >= 0.3 is 5.97 Å². The Bertz CT molecular complexity index is 777. The van der Waals surface area contributed by atoms with Gasteiger partial charge in [0.1, 0.15) is 17.6 Å². The molecule has 0 radical (unpaired) electrons. The lowest BCUT2D eigenvalue weighted by Gasteiger charge is -2.25. The molecule has 1 atom stereocenters. The van der Waals surface area contributed by atoms with Gasteiger partial charge in [-0.3, -0.25) is 4.79 Å². The van der Waals surface area contributed by atoms with E-state index in [-0.39, 0.29) is 11.9 Å². The van der Waals surface area contributed by atoms with Gasteiger partial charge in [0.15, 0.2) is 5.78 Å². The van der Waals surface area contributed by atoms with Crippen molar-refractivity contribution in [2.45, 2.75) is 19.4 Å². The quantitative estimate of drug-likeness (QED) is 0.490. The number of ether oxygens (including phenoxy) is 2. The Kier molecular flexibility index (Phi) is 3.98. The summed E-state index contributed by atoms with van der Waals surface area (Å²) in [7, 11) is 0. The molecule has 1 aliphatic rings. The molecule has 0 aromatic heterocycles. The molecular formula is C19H16O4. The molecule has 2 aromatic carbocycles. The molecule has 3 rings (SSSR count). The molecule has 1 heterocycles. The van der Waals surface area contributed by atoms with Gasteiger partial charge in [-0.2, -0.15) is 0 Å². The third-order valence-corrected chi connectivity index (χ3v) is 3.62. The average Bonchev–Trinajstić information content (AvgIpc) is 2.55. The zero-order chi connectivity index (χ0) is 16.4. The largest absolute Gasteiger partial charge is 0.484 e. The van der Waals surface area contributed by atoms with Gasteiger partial charge < -0.3 is 9.47 Å². The zero-order valence-corrected chi connectivity index (χ0v) is 12.7. The molecule has 4 nitrogen and oxygen atoms in total. The zero-order valence-electron chi connectivity index (χ0n) is 12.7. The van der Waals surface area contributed by atoms with Crippen LogP contribution in [-0.4, -0.2) is 11.8 Å². The van der Waals surface area contributed by atoms with Crippen molar-refractivity contribution in [1.29, 1.82) is 0 Å². The molecule has 0 fully saturated rings. The summed E-state index contributed by atoms with van der Waals surface area (Å²) >= 11 is 0. The molecule has 0 unspecified atom stereocenters. The van der Waals surface area contributed by atoms with Gasteiger partial charge in [0.25, 0.3) is 0 Å². The van der Waals surface area contributed by atoms with Crippen LogP contribution in [0.2, 0.25) is 0 Å². The summed E-state index contributed by atoms with van der Waals surface area (Å²) in [6.45, 7) is 5.12. The van der Waals surface area contributed by atoms with Crippen LogP contribution >= 0.6 is 0 Å². The van der Waals surface area contributed by atoms with E-state index < -0.39 is 5.97 Å². The first-order valence-electron chi connectivity index (χ1n) is 7.31. The SMILES string of the molecule is C=C(C)C(=O)Oc1ccc2c(c1)O[C@H](c1ccccc1)CC2=O. The minimum atomic E-state index is -0.508. The number of carbonyl (C=O) groups excluding carboxylic acids is 2. The fourth-order valence-electron chi connectivity index (χ4n) is 2.42. The maximum Gasteiger partial charge on any atom is 0.338 e. The Morgan fingerprint density at radius 2 is 1.96 bits per heavy atom. The van der Waals surface area contributed by atoms with Crippen LogP contribution in [0.25, 0.3) is 0 Å². The van der Waals surface area contributed by atoms with Crippen molar-refractivity contribution in [2.24, 2.45) is 0 Å². The van der Waals surface area contributed by atoms with Gasteiger partial charge in [-0.05, 0) is 24.6 Å². The van der Waals surface area contributed by atoms with E-state index in [0.717, 1.165) is 5.56 Å². The van der Waals surface area contributed by atoms with Crippen LogP contribution in [0.5, 0.6) is 11.5 Å². The van der Waals surface area contributed by atoms with Crippen molar-refractivity contribution < 1.29 is 19.1 Å².